The van der Waals surface area contributed by atoms with Crippen LogP contribution in [0.25, 0.3) is 0 Å². The van der Waals surface area contributed by atoms with Crippen LogP contribution in [0.1, 0.15) is 31.2 Å². The molecule has 0 N–H and O–H groups in total. The van der Waals surface area contributed by atoms with Crippen LogP contribution in [0.3, 0.4) is 0 Å². The summed E-state index contributed by atoms with van der Waals surface area (Å²) in [6.07, 6.45) is -0.194. The molecule has 2 radical (unpaired) electrons. The van der Waals surface area contributed by atoms with Crippen LogP contribution in [0.5, 0.6) is 0 Å². The Labute approximate surface area is 125 Å². The summed E-state index contributed by atoms with van der Waals surface area (Å²) in [5.74, 6) is 0.679. The minimum absolute atomic E-state index is 0.347. The molecule has 0 saturated carbocycles. The van der Waals surface area contributed by atoms with Gasteiger partial charge in [0.15, 0.2) is 0 Å². The topological polar surface area (TPSA) is 0 Å². The highest BCUT2D eigenvalue weighted by atomic mass is 35.5. The molecule has 0 spiro atoms. The summed E-state index contributed by atoms with van der Waals surface area (Å²) in [5, 5.41) is 0.738. The van der Waals surface area contributed by atoms with E-state index in [1.54, 1.807) is 6.07 Å². The van der Waals surface area contributed by atoms with Crippen LogP contribution in [0.4, 0.5) is 13.2 Å². The second-order valence-electron chi connectivity index (χ2n) is 4.68. The first-order chi connectivity index (χ1) is 9.43. The molecular weight excluding hydrogens is 301 g/mol. The highest BCUT2D eigenvalue weighted by Crippen LogP contribution is 2.28. The Hall–Kier alpha value is -0.743. The minimum Gasteiger partial charge on any atom is -0.166 e. The fraction of sp³-hybridized carbons (Fsp3) is 0.467. The first-order valence-corrected chi connectivity index (χ1v) is 8.31. The van der Waals surface area contributed by atoms with Crippen LogP contribution in [-0.4, -0.2) is 15.4 Å². The maximum Gasteiger partial charge on any atom is 0.416 e. The number of unbranched alkanes of at least 4 members (excludes halogenated alkanes) is 2. The average Bonchev–Trinajstić information content (AvgIpc) is 2.41. The number of hydrogen-bond acceptors (Lipinski definition) is 0. The highest BCUT2D eigenvalue weighted by molar-refractivity contribution is 6.54. The van der Waals surface area contributed by atoms with E-state index in [1.807, 2.05) is 0 Å². The third-order valence-corrected chi connectivity index (χ3v) is 4.56. The van der Waals surface area contributed by atoms with Crippen molar-refractivity contribution >= 4 is 26.3 Å². The van der Waals surface area contributed by atoms with E-state index in [0.717, 1.165) is 48.6 Å². The maximum atomic E-state index is 12.6. The van der Waals surface area contributed by atoms with Gasteiger partial charge >= 0.3 is 6.18 Å². The van der Waals surface area contributed by atoms with E-state index >= 15 is 0 Å². The summed E-state index contributed by atoms with van der Waals surface area (Å²) >= 11 is 5.60. The van der Waals surface area contributed by atoms with Gasteiger partial charge in [-0.3, -0.25) is 0 Å². The predicted molar refractivity (Wildman–Crippen MR) is 80.0 cm³/mol. The Morgan fingerprint density at radius 1 is 1.20 bits per heavy atom. The zero-order chi connectivity index (χ0) is 15.0. The number of hydrogen-bond donors (Lipinski definition) is 0. The van der Waals surface area contributed by atoms with Gasteiger partial charge in [0.2, 0.25) is 0 Å². The lowest BCUT2D eigenvalue weighted by atomic mass is 10.1. The molecule has 0 bridgehead atoms. The monoisotopic (exact) mass is 318 g/mol. The van der Waals surface area contributed by atoms with Crippen LogP contribution >= 0.6 is 11.6 Å². The minimum atomic E-state index is -4.26. The molecule has 110 valence electrons. The van der Waals surface area contributed by atoms with E-state index in [9.17, 15) is 13.2 Å². The lowest BCUT2D eigenvalue weighted by Crippen LogP contribution is -2.17. The summed E-state index contributed by atoms with van der Waals surface area (Å²) in [6.45, 7) is 3.99. The first kappa shape index (κ1) is 17.3. The third kappa shape index (κ3) is 6.62. The van der Waals surface area contributed by atoms with E-state index in [-0.39, 0.29) is 0 Å². The molecule has 0 aliphatic carbocycles. The fourth-order valence-corrected chi connectivity index (χ4v) is 3.06. The van der Waals surface area contributed by atoms with Gasteiger partial charge in [-0.15, -0.1) is 18.2 Å². The summed E-state index contributed by atoms with van der Waals surface area (Å²) < 4.78 is 37.7. The van der Waals surface area contributed by atoms with E-state index in [2.05, 4.69) is 6.58 Å². The fourth-order valence-electron chi connectivity index (χ4n) is 1.77. The van der Waals surface area contributed by atoms with Crippen LogP contribution in [-0.2, 0) is 6.18 Å². The Morgan fingerprint density at radius 3 is 2.60 bits per heavy atom. The van der Waals surface area contributed by atoms with Crippen LogP contribution in [0, 0.1) is 0 Å². The molecule has 1 aromatic rings. The third-order valence-electron chi connectivity index (χ3n) is 2.90. The van der Waals surface area contributed by atoms with Crippen molar-refractivity contribution in [2.24, 2.45) is 0 Å². The highest BCUT2D eigenvalue weighted by Gasteiger charge is 2.30. The molecule has 0 aliphatic heterocycles. The Balaban J connectivity index is 2.40. The van der Waals surface area contributed by atoms with Gasteiger partial charge in [-0.05, 0) is 25.3 Å². The van der Waals surface area contributed by atoms with E-state index in [0.29, 0.717) is 15.4 Å². The normalized spacial score (nSPS) is 11.6. The Kier molecular flexibility index (Phi) is 7.38. The van der Waals surface area contributed by atoms with Crippen molar-refractivity contribution in [1.82, 2.24) is 0 Å². The summed E-state index contributed by atoms with van der Waals surface area (Å²) in [7, 11) is 0.347. The van der Waals surface area contributed by atoms with Crippen LogP contribution < -0.4 is 5.19 Å². The molecule has 0 saturated heterocycles. The second kappa shape index (κ2) is 8.52. The molecule has 0 heterocycles. The first-order valence-electron chi connectivity index (χ1n) is 6.57. The van der Waals surface area contributed by atoms with E-state index < -0.39 is 11.7 Å². The number of benzene rings is 1. The molecule has 0 unspecified atom stereocenters. The van der Waals surface area contributed by atoms with Gasteiger partial charge in [-0.1, -0.05) is 41.4 Å². The number of rotatable bonds is 8. The lowest BCUT2D eigenvalue weighted by Gasteiger charge is -2.09. The SMILES string of the molecule is C=C(CCCCCCl)C[Si]c1cccc(C(F)(F)F)c1. The molecule has 0 amide bonds. The quantitative estimate of drug-likeness (QED) is 0.279. The molecule has 0 aromatic heterocycles. The van der Waals surface area contributed by atoms with Gasteiger partial charge in [0.25, 0.3) is 0 Å². The van der Waals surface area contributed by atoms with Gasteiger partial charge in [0.05, 0.1) is 15.1 Å². The van der Waals surface area contributed by atoms with Gasteiger partial charge in [-0.25, -0.2) is 0 Å². The lowest BCUT2D eigenvalue weighted by molar-refractivity contribution is -0.137. The summed E-state index contributed by atoms with van der Waals surface area (Å²) in [4.78, 5) is 0. The summed E-state index contributed by atoms with van der Waals surface area (Å²) in [5.41, 5.74) is 0.533. The second-order valence-corrected chi connectivity index (χ2v) is 6.34. The van der Waals surface area contributed by atoms with Crippen molar-refractivity contribution in [2.45, 2.75) is 37.9 Å². The number of allylic oxidation sites excluding steroid dienone is 1. The molecule has 5 heteroatoms. The van der Waals surface area contributed by atoms with E-state index in [4.69, 9.17) is 11.6 Å². The van der Waals surface area contributed by atoms with E-state index in [1.165, 1.54) is 12.1 Å². The van der Waals surface area contributed by atoms with Gasteiger partial charge in [0.1, 0.15) is 0 Å². The van der Waals surface area contributed by atoms with Crippen LogP contribution in [0.2, 0.25) is 6.04 Å². The van der Waals surface area contributed by atoms with Gasteiger partial charge < -0.3 is 0 Å². The molecular formula is C15H18ClF3Si. The van der Waals surface area contributed by atoms with Crippen molar-refractivity contribution in [3.8, 4) is 0 Å². The largest absolute Gasteiger partial charge is 0.416 e. The maximum absolute atomic E-state index is 12.6. The molecule has 0 aliphatic rings. The smallest absolute Gasteiger partial charge is 0.166 e. The standard InChI is InChI=1S/C15H18ClF3Si/c1-12(6-3-2-4-9-16)11-20-14-8-5-7-13(10-14)15(17,18)19/h5,7-8,10H,1-4,6,9,11H2. The molecule has 1 aromatic carbocycles. The summed E-state index contributed by atoms with van der Waals surface area (Å²) in [6, 6.07) is 6.32. The Bertz CT molecular complexity index is 429. The number of halogens is 4. The molecule has 20 heavy (non-hydrogen) atoms. The van der Waals surface area contributed by atoms with Gasteiger partial charge in [-0.2, -0.15) is 13.2 Å². The predicted octanol–water partition coefficient (Wildman–Crippen LogP) is 4.81. The molecule has 0 atom stereocenters. The zero-order valence-corrected chi connectivity index (χ0v) is 13.0. The Morgan fingerprint density at radius 2 is 1.95 bits per heavy atom. The zero-order valence-electron chi connectivity index (χ0n) is 11.3. The molecule has 1 rings (SSSR count). The number of alkyl halides is 4. The van der Waals surface area contributed by atoms with Gasteiger partial charge in [0, 0.05) is 5.88 Å². The van der Waals surface area contributed by atoms with Crippen molar-refractivity contribution in [1.29, 1.82) is 0 Å². The van der Waals surface area contributed by atoms with Crippen molar-refractivity contribution in [2.75, 3.05) is 5.88 Å². The van der Waals surface area contributed by atoms with Crippen molar-refractivity contribution in [3.63, 3.8) is 0 Å². The van der Waals surface area contributed by atoms with Crippen molar-refractivity contribution < 1.29 is 13.2 Å². The average molecular weight is 319 g/mol. The van der Waals surface area contributed by atoms with Crippen LogP contribution in [0.15, 0.2) is 36.4 Å². The van der Waals surface area contributed by atoms with Crippen molar-refractivity contribution in [3.05, 3.63) is 42.0 Å². The molecule has 0 fully saturated rings. The molecule has 0 nitrogen and oxygen atoms in total.